The van der Waals surface area contributed by atoms with Gasteiger partial charge in [0.05, 0.1) is 24.2 Å². The number of carbonyl (C=O) groups is 1. The Labute approximate surface area is 248 Å². The van der Waals surface area contributed by atoms with Crippen molar-refractivity contribution in [2.75, 3.05) is 37.7 Å². The van der Waals surface area contributed by atoms with Gasteiger partial charge in [0.1, 0.15) is 5.82 Å². The molecule has 1 aliphatic carbocycles. The average molecular weight is 567 g/mol. The molecule has 2 fully saturated rings. The van der Waals surface area contributed by atoms with Crippen LogP contribution in [0.4, 0.5) is 5.69 Å². The zero-order chi connectivity index (χ0) is 28.7. The number of carbonyl (C=O) groups excluding carboxylic acids is 1. The molecule has 2 aromatic heterocycles. The molecular formula is C34H42N6O2. The van der Waals surface area contributed by atoms with Gasteiger partial charge in [-0.25, -0.2) is 4.98 Å². The molecule has 0 bridgehead atoms. The summed E-state index contributed by atoms with van der Waals surface area (Å²) in [6.07, 6.45) is 9.36. The van der Waals surface area contributed by atoms with Crippen LogP contribution < -0.4 is 16.0 Å². The molecule has 0 spiro atoms. The van der Waals surface area contributed by atoms with Crippen LogP contribution in [0.3, 0.4) is 0 Å². The normalized spacial score (nSPS) is 17.0. The number of amides is 1. The van der Waals surface area contributed by atoms with Crippen molar-refractivity contribution < 1.29 is 9.53 Å². The maximum atomic E-state index is 12.0. The minimum atomic E-state index is -0.293. The Balaban J connectivity index is 1.31. The van der Waals surface area contributed by atoms with Crippen LogP contribution in [0.2, 0.25) is 0 Å². The molecule has 4 aromatic rings. The molecule has 42 heavy (non-hydrogen) atoms. The maximum absolute atomic E-state index is 12.0. The molecule has 1 unspecified atom stereocenters. The number of benzene rings is 2. The fraction of sp³-hybridized carbons (Fsp3) is 0.441. The highest BCUT2D eigenvalue weighted by molar-refractivity contribution is 5.82. The quantitative estimate of drug-likeness (QED) is 0.257. The van der Waals surface area contributed by atoms with E-state index in [0.717, 1.165) is 79.5 Å². The van der Waals surface area contributed by atoms with Gasteiger partial charge in [0, 0.05) is 61.7 Å². The molecule has 1 saturated heterocycles. The SMILES string of the molecule is NC(=O)CC(NCC1CCCCC1)c1ccc2c(c1)nc(-c1ccc(N3CCOCC3)cc1)n2CCc1ccccn1. The lowest BCUT2D eigenvalue weighted by Crippen LogP contribution is -2.36. The molecule has 0 radical (unpaired) electrons. The Kier molecular flexibility index (Phi) is 9.11. The van der Waals surface area contributed by atoms with Gasteiger partial charge >= 0.3 is 0 Å². The summed E-state index contributed by atoms with van der Waals surface area (Å²) in [6.45, 7) is 5.02. The van der Waals surface area contributed by atoms with Crippen molar-refractivity contribution >= 4 is 22.6 Å². The van der Waals surface area contributed by atoms with Crippen LogP contribution in [0.5, 0.6) is 0 Å². The number of pyridine rings is 1. The highest BCUT2D eigenvalue weighted by Crippen LogP contribution is 2.30. The first-order chi connectivity index (χ1) is 20.6. The second-order valence-electron chi connectivity index (χ2n) is 11.7. The molecule has 2 aromatic carbocycles. The van der Waals surface area contributed by atoms with E-state index in [1.54, 1.807) is 0 Å². The Morgan fingerprint density at radius 3 is 2.57 bits per heavy atom. The van der Waals surface area contributed by atoms with Crippen molar-refractivity contribution in [1.29, 1.82) is 0 Å². The van der Waals surface area contributed by atoms with E-state index >= 15 is 0 Å². The Morgan fingerprint density at radius 1 is 1.02 bits per heavy atom. The molecule has 2 aliphatic rings. The van der Waals surface area contributed by atoms with E-state index in [4.69, 9.17) is 15.5 Å². The first-order valence-corrected chi connectivity index (χ1v) is 15.5. The standard InChI is InChI=1S/C34H42N6O2/c35-33(41)23-30(37-24-25-6-2-1-3-7-25)27-11-14-32-31(22-27)38-34(40(32)17-15-28-8-4-5-16-36-28)26-9-12-29(13-10-26)39-18-20-42-21-19-39/h4-5,8-14,16,22,25,30,37H,1-3,6-7,15,17-21,23-24H2,(H2,35,41). The predicted octanol–water partition coefficient (Wildman–Crippen LogP) is 5.26. The van der Waals surface area contributed by atoms with Crippen molar-refractivity contribution in [3.8, 4) is 11.4 Å². The fourth-order valence-corrected chi connectivity index (χ4v) is 6.43. The lowest BCUT2D eigenvalue weighted by molar-refractivity contribution is -0.118. The maximum Gasteiger partial charge on any atom is 0.219 e. The molecular weight excluding hydrogens is 524 g/mol. The smallest absolute Gasteiger partial charge is 0.219 e. The van der Waals surface area contributed by atoms with Gasteiger partial charge < -0.3 is 25.3 Å². The molecule has 8 nitrogen and oxygen atoms in total. The summed E-state index contributed by atoms with van der Waals surface area (Å²) in [5, 5.41) is 3.68. The second kappa shape index (κ2) is 13.5. The highest BCUT2D eigenvalue weighted by Gasteiger charge is 2.21. The molecule has 220 valence electrons. The largest absolute Gasteiger partial charge is 0.378 e. The molecule has 1 aliphatic heterocycles. The van der Waals surface area contributed by atoms with Gasteiger partial charge in [-0.3, -0.25) is 9.78 Å². The monoisotopic (exact) mass is 566 g/mol. The third-order valence-electron chi connectivity index (χ3n) is 8.78. The summed E-state index contributed by atoms with van der Waals surface area (Å²) < 4.78 is 7.83. The Bertz CT molecular complexity index is 1460. The number of nitrogens with zero attached hydrogens (tertiary/aromatic N) is 4. The topological polar surface area (TPSA) is 98.3 Å². The summed E-state index contributed by atoms with van der Waals surface area (Å²) in [4.78, 5) is 24.1. The minimum Gasteiger partial charge on any atom is -0.378 e. The van der Waals surface area contributed by atoms with E-state index in [0.29, 0.717) is 5.92 Å². The number of imidazole rings is 1. The van der Waals surface area contributed by atoms with E-state index in [9.17, 15) is 4.79 Å². The van der Waals surface area contributed by atoms with Crippen molar-refractivity contribution in [2.24, 2.45) is 11.7 Å². The number of nitrogens with two attached hydrogens (primary N) is 1. The molecule has 3 heterocycles. The highest BCUT2D eigenvalue weighted by atomic mass is 16.5. The van der Waals surface area contributed by atoms with Crippen molar-refractivity contribution in [3.63, 3.8) is 0 Å². The zero-order valence-electron chi connectivity index (χ0n) is 24.4. The van der Waals surface area contributed by atoms with Crippen LogP contribution >= 0.6 is 0 Å². The number of hydrogen-bond donors (Lipinski definition) is 2. The van der Waals surface area contributed by atoms with Gasteiger partial charge in [0.25, 0.3) is 0 Å². The van der Waals surface area contributed by atoms with Crippen LogP contribution in [0.15, 0.2) is 66.9 Å². The average Bonchev–Trinajstić information content (AvgIpc) is 3.41. The molecule has 3 N–H and O–H groups in total. The van der Waals surface area contributed by atoms with Gasteiger partial charge in [-0.15, -0.1) is 0 Å². The number of rotatable bonds is 11. The van der Waals surface area contributed by atoms with Crippen LogP contribution in [-0.2, 0) is 22.5 Å². The number of aromatic nitrogens is 3. The van der Waals surface area contributed by atoms with Crippen LogP contribution in [0.1, 0.15) is 55.8 Å². The number of fused-ring (bicyclic) bond motifs is 1. The number of nitrogens with one attached hydrogen (secondary N) is 1. The fourth-order valence-electron chi connectivity index (χ4n) is 6.43. The third-order valence-corrected chi connectivity index (χ3v) is 8.78. The van der Waals surface area contributed by atoms with Crippen LogP contribution in [0.25, 0.3) is 22.4 Å². The summed E-state index contributed by atoms with van der Waals surface area (Å²) in [5.41, 5.74) is 12.1. The molecule has 8 heteroatoms. The first-order valence-electron chi connectivity index (χ1n) is 15.5. The van der Waals surface area contributed by atoms with E-state index < -0.39 is 0 Å². The predicted molar refractivity (Wildman–Crippen MR) is 167 cm³/mol. The second-order valence-corrected chi connectivity index (χ2v) is 11.7. The number of primary amides is 1. The lowest BCUT2D eigenvalue weighted by atomic mass is 9.89. The number of hydrogen-bond acceptors (Lipinski definition) is 6. The van der Waals surface area contributed by atoms with Gasteiger partial charge in [-0.05, 0) is 79.4 Å². The van der Waals surface area contributed by atoms with E-state index in [2.05, 4.69) is 68.3 Å². The minimum absolute atomic E-state index is 0.122. The summed E-state index contributed by atoms with van der Waals surface area (Å²) >= 11 is 0. The molecule has 1 atom stereocenters. The molecule has 6 rings (SSSR count). The van der Waals surface area contributed by atoms with Gasteiger partial charge in [0.2, 0.25) is 5.91 Å². The number of aryl methyl sites for hydroxylation is 2. The van der Waals surface area contributed by atoms with E-state index in [1.807, 2.05) is 18.3 Å². The summed E-state index contributed by atoms with van der Waals surface area (Å²) in [7, 11) is 0. The summed E-state index contributed by atoms with van der Waals surface area (Å²) in [5.74, 6) is 1.31. The number of morpholine rings is 1. The van der Waals surface area contributed by atoms with Gasteiger partial charge in [0.15, 0.2) is 0 Å². The third kappa shape index (κ3) is 6.82. The Hall–Kier alpha value is -3.75. The van der Waals surface area contributed by atoms with Crippen molar-refractivity contribution in [1.82, 2.24) is 19.9 Å². The van der Waals surface area contributed by atoms with Crippen molar-refractivity contribution in [2.45, 2.75) is 57.5 Å². The summed E-state index contributed by atoms with van der Waals surface area (Å²) in [6, 6.07) is 21.1. The van der Waals surface area contributed by atoms with Crippen LogP contribution in [-0.4, -0.2) is 53.3 Å². The number of anilines is 1. The van der Waals surface area contributed by atoms with E-state index in [1.165, 1.54) is 37.8 Å². The Morgan fingerprint density at radius 2 is 1.83 bits per heavy atom. The molecule has 1 saturated carbocycles. The van der Waals surface area contributed by atoms with Gasteiger partial charge in [-0.1, -0.05) is 31.4 Å². The van der Waals surface area contributed by atoms with Crippen LogP contribution in [0, 0.1) is 5.92 Å². The number of ether oxygens (including phenoxy) is 1. The van der Waals surface area contributed by atoms with E-state index in [-0.39, 0.29) is 18.4 Å². The first kappa shape index (κ1) is 28.4. The zero-order valence-corrected chi connectivity index (χ0v) is 24.4. The molecule has 1 amide bonds. The van der Waals surface area contributed by atoms with Gasteiger partial charge in [-0.2, -0.15) is 0 Å². The lowest BCUT2D eigenvalue weighted by Gasteiger charge is -2.28. The van der Waals surface area contributed by atoms with Crippen molar-refractivity contribution in [3.05, 3.63) is 78.1 Å².